The maximum atomic E-state index is 5.16. The number of hydrogen-bond acceptors (Lipinski definition) is 3. The van der Waals surface area contributed by atoms with Crippen LogP contribution in [0.1, 0.15) is 6.92 Å². The molecule has 1 rings (SSSR count). The van der Waals surface area contributed by atoms with Crippen LogP contribution in [-0.2, 0) is 0 Å². The molecule has 0 aliphatic rings. The second kappa shape index (κ2) is 7.01. The van der Waals surface area contributed by atoms with Crippen molar-refractivity contribution in [3.63, 3.8) is 0 Å². The second-order valence-electron chi connectivity index (χ2n) is 2.97. The molecule has 0 heterocycles. The maximum Gasteiger partial charge on any atom is 0.133 e. The molecule has 2 nitrogen and oxygen atoms in total. The predicted octanol–water partition coefficient (Wildman–Crippen LogP) is 3.62. The lowest BCUT2D eigenvalue weighted by Gasteiger charge is -2.08. The van der Waals surface area contributed by atoms with Crippen LogP contribution in [0, 0.1) is 0 Å². The first-order valence-electron chi connectivity index (χ1n) is 4.93. The molecule has 84 valence electrons. The Labute approximate surface area is 104 Å². The summed E-state index contributed by atoms with van der Waals surface area (Å²) in [6.45, 7) is 3.17. The van der Waals surface area contributed by atoms with Crippen molar-refractivity contribution < 1.29 is 4.74 Å². The Balaban J connectivity index is 2.45. The minimum absolute atomic E-state index is 0.864. The van der Waals surface area contributed by atoms with E-state index in [2.05, 4.69) is 28.2 Å². The molecule has 0 saturated heterocycles. The van der Waals surface area contributed by atoms with E-state index in [-0.39, 0.29) is 0 Å². The van der Waals surface area contributed by atoms with E-state index in [0.717, 1.165) is 28.2 Å². The number of hydrogen-bond donors (Lipinski definition) is 1. The summed E-state index contributed by atoms with van der Waals surface area (Å²) in [6.07, 6.45) is 0. The van der Waals surface area contributed by atoms with Crippen LogP contribution in [0.25, 0.3) is 0 Å². The normalized spacial score (nSPS) is 10.1. The first-order valence-corrected chi connectivity index (χ1v) is 6.88. The van der Waals surface area contributed by atoms with E-state index in [9.17, 15) is 0 Å². The molecule has 4 heteroatoms. The highest BCUT2D eigenvalue weighted by Gasteiger charge is 2.00. The number of benzene rings is 1. The van der Waals surface area contributed by atoms with Crippen LogP contribution >= 0.6 is 27.7 Å². The van der Waals surface area contributed by atoms with Gasteiger partial charge in [0.25, 0.3) is 0 Å². The van der Waals surface area contributed by atoms with Gasteiger partial charge in [0, 0.05) is 18.0 Å². The van der Waals surface area contributed by atoms with Crippen molar-refractivity contribution in [3.8, 4) is 5.75 Å². The zero-order valence-electron chi connectivity index (χ0n) is 9.05. The predicted molar refractivity (Wildman–Crippen MR) is 72.2 cm³/mol. The number of anilines is 1. The molecule has 0 saturated carbocycles. The average Bonchev–Trinajstić information content (AvgIpc) is 2.25. The van der Waals surface area contributed by atoms with E-state index in [1.165, 1.54) is 5.75 Å². The molecule has 0 bridgehead atoms. The van der Waals surface area contributed by atoms with Gasteiger partial charge in [0.05, 0.1) is 11.6 Å². The number of halogens is 1. The number of thioether (sulfide) groups is 1. The van der Waals surface area contributed by atoms with Gasteiger partial charge < -0.3 is 10.1 Å². The first kappa shape index (κ1) is 12.7. The SMILES string of the molecule is CCSCCNc1ccc(OC)c(Br)c1. The van der Waals surface area contributed by atoms with E-state index in [0.29, 0.717) is 0 Å². The van der Waals surface area contributed by atoms with E-state index < -0.39 is 0 Å². The van der Waals surface area contributed by atoms with Crippen molar-refractivity contribution in [2.75, 3.05) is 30.5 Å². The van der Waals surface area contributed by atoms with Crippen LogP contribution in [0.3, 0.4) is 0 Å². The van der Waals surface area contributed by atoms with Crippen molar-refractivity contribution in [1.82, 2.24) is 0 Å². The molecule has 0 atom stereocenters. The second-order valence-corrected chi connectivity index (χ2v) is 5.22. The number of ether oxygens (including phenoxy) is 1. The van der Waals surface area contributed by atoms with Crippen LogP contribution in [-0.4, -0.2) is 25.2 Å². The van der Waals surface area contributed by atoms with Crippen LogP contribution in [0.5, 0.6) is 5.75 Å². The van der Waals surface area contributed by atoms with Gasteiger partial charge in [-0.15, -0.1) is 0 Å². The quantitative estimate of drug-likeness (QED) is 0.808. The van der Waals surface area contributed by atoms with Crippen LogP contribution in [0.4, 0.5) is 5.69 Å². The first-order chi connectivity index (χ1) is 7.27. The third kappa shape index (κ3) is 4.34. The fourth-order valence-electron chi connectivity index (χ4n) is 1.19. The molecule has 1 aromatic carbocycles. The molecule has 0 fully saturated rings. The number of rotatable bonds is 6. The summed E-state index contributed by atoms with van der Waals surface area (Å²) in [7, 11) is 1.67. The van der Waals surface area contributed by atoms with Gasteiger partial charge in [-0.2, -0.15) is 11.8 Å². The minimum Gasteiger partial charge on any atom is -0.496 e. The molecular formula is C11H16BrNOS. The van der Waals surface area contributed by atoms with Crippen LogP contribution in [0.2, 0.25) is 0 Å². The summed E-state index contributed by atoms with van der Waals surface area (Å²) in [6, 6.07) is 6.02. The van der Waals surface area contributed by atoms with E-state index in [1.807, 2.05) is 30.0 Å². The Kier molecular flexibility index (Phi) is 5.95. The molecule has 1 N–H and O–H groups in total. The van der Waals surface area contributed by atoms with E-state index in [1.54, 1.807) is 7.11 Å². The van der Waals surface area contributed by atoms with Gasteiger partial charge in [-0.3, -0.25) is 0 Å². The zero-order chi connectivity index (χ0) is 11.1. The highest BCUT2D eigenvalue weighted by Crippen LogP contribution is 2.27. The highest BCUT2D eigenvalue weighted by molar-refractivity contribution is 9.10. The lowest BCUT2D eigenvalue weighted by Crippen LogP contribution is -2.04. The van der Waals surface area contributed by atoms with Crippen molar-refractivity contribution in [2.24, 2.45) is 0 Å². The van der Waals surface area contributed by atoms with E-state index in [4.69, 9.17) is 4.74 Å². The lowest BCUT2D eigenvalue weighted by molar-refractivity contribution is 0.412. The van der Waals surface area contributed by atoms with Crippen LogP contribution < -0.4 is 10.1 Å². The topological polar surface area (TPSA) is 21.3 Å². The van der Waals surface area contributed by atoms with Gasteiger partial charge in [-0.25, -0.2) is 0 Å². The third-order valence-corrected chi connectivity index (χ3v) is 3.45. The Bertz CT molecular complexity index is 307. The molecule has 0 amide bonds. The largest absolute Gasteiger partial charge is 0.496 e. The van der Waals surface area contributed by atoms with Crippen molar-refractivity contribution >= 4 is 33.4 Å². The Morgan fingerprint density at radius 1 is 1.47 bits per heavy atom. The average molecular weight is 290 g/mol. The molecule has 0 spiro atoms. The van der Waals surface area contributed by atoms with E-state index >= 15 is 0 Å². The molecule has 0 aromatic heterocycles. The summed E-state index contributed by atoms with van der Waals surface area (Å²) in [5, 5.41) is 3.37. The van der Waals surface area contributed by atoms with Gasteiger partial charge in [-0.1, -0.05) is 6.92 Å². The molecular weight excluding hydrogens is 274 g/mol. The van der Waals surface area contributed by atoms with Crippen molar-refractivity contribution in [3.05, 3.63) is 22.7 Å². The Hall–Kier alpha value is -0.350. The molecule has 0 aliphatic carbocycles. The number of nitrogens with one attached hydrogen (secondary N) is 1. The minimum atomic E-state index is 0.864. The van der Waals surface area contributed by atoms with Gasteiger partial charge >= 0.3 is 0 Å². The fourth-order valence-corrected chi connectivity index (χ4v) is 2.26. The highest BCUT2D eigenvalue weighted by atomic mass is 79.9. The Morgan fingerprint density at radius 2 is 2.27 bits per heavy atom. The molecule has 0 radical (unpaired) electrons. The standard InChI is InChI=1S/C11H16BrNOS/c1-3-15-7-6-13-9-4-5-11(14-2)10(12)8-9/h4-5,8,13H,3,6-7H2,1-2H3. The molecule has 15 heavy (non-hydrogen) atoms. The van der Waals surface area contributed by atoms with Gasteiger partial charge in [0.15, 0.2) is 0 Å². The monoisotopic (exact) mass is 289 g/mol. The molecule has 0 aliphatic heterocycles. The smallest absolute Gasteiger partial charge is 0.133 e. The Morgan fingerprint density at radius 3 is 2.87 bits per heavy atom. The van der Waals surface area contributed by atoms with Gasteiger partial charge in [-0.05, 0) is 39.9 Å². The lowest BCUT2D eigenvalue weighted by atomic mass is 10.3. The maximum absolute atomic E-state index is 5.16. The number of methoxy groups -OCH3 is 1. The fraction of sp³-hybridized carbons (Fsp3) is 0.455. The van der Waals surface area contributed by atoms with Crippen LogP contribution in [0.15, 0.2) is 22.7 Å². The van der Waals surface area contributed by atoms with Crippen molar-refractivity contribution in [1.29, 1.82) is 0 Å². The zero-order valence-corrected chi connectivity index (χ0v) is 11.5. The van der Waals surface area contributed by atoms with Crippen molar-refractivity contribution in [2.45, 2.75) is 6.92 Å². The summed E-state index contributed by atoms with van der Waals surface area (Å²) in [4.78, 5) is 0. The summed E-state index contributed by atoms with van der Waals surface area (Å²) in [5.74, 6) is 3.18. The third-order valence-electron chi connectivity index (χ3n) is 1.93. The summed E-state index contributed by atoms with van der Waals surface area (Å²) in [5.41, 5.74) is 1.12. The van der Waals surface area contributed by atoms with Gasteiger partial charge in [0.1, 0.15) is 5.75 Å². The summed E-state index contributed by atoms with van der Waals surface area (Å²) >= 11 is 5.40. The van der Waals surface area contributed by atoms with Gasteiger partial charge in [0.2, 0.25) is 0 Å². The molecule has 1 aromatic rings. The molecule has 0 unspecified atom stereocenters. The summed E-state index contributed by atoms with van der Waals surface area (Å²) < 4.78 is 6.15.